The van der Waals surface area contributed by atoms with E-state index in [0.29, 0.717) is 5.76 Å². The van der Waals surface area contributed by atoms with Gasteiger partial charge in [-0.1, -0.05) is 25.1 Å². The second kappa shape index (κ2) is 8.48. The zero-order chi connectivity index (χ0) is 21.0. The SMILES string of the molecule is CCc1ccccc1NC(=O)CN(C)C(=O)c1c(C)oc(-n2cccc2)c1C#N. The molecule has 2 aromatic heterocycles. The second-order valence-electron chi connectivity index (χ2n) is 6.64. The number of aryl methyl sites for hydroxylation is 2. The number of likely N-dealkylation sites (N-methyl/N-ethyl adjacent to an activating group) is 1. The fourth-order valence-electron chi connectivity index (χ4n) is 3.16. The number of para-hydroxylation sites is 1. The summed E-state index contributed by atoms with van der Waals surface area (Å²) < 4.78 is 7.31. The van der Waals surface area contributed by atoms with Crippen molar-refractivity contribution < 1.29 is 14.0 Å². The smallest absolute Gasteiger partial charge is 0.259 e. The van der Waals surface area contributed by atoms with Crippen molar-refractivity contribution in [2.45, 2.75) is 20.3 Å². The number of nitrogens with one attached hydrogen (secondary N) is 1. The Morgan fingerprint density at radius 1 is 1.21 bits per heavy atom. The largest absolute Gasteiger partial charge is 0.443 e. The summed E-state index contributed by atoms with van der Waals surface area (Å²) in [6.45, 7) is 3.49. The summed E-state index contributed by atoms with van der Waals surface area (Å²) in [6, 6.07) is 13.2. The van der Waals surface area contributed by atoms with Gasteiger partial charge in [-0.25, -0.2) is 0 Å². The summed E-state index contributed by atoms with van der Waals surface area (Å²) >= 11 is 0. The quantitative estimate of drug-likeness (QED) is 0.697. The molecule has 7 heteroatoms. The number of hydrogen-bond donors (Lipinski definition) is 1. The predicted molar refractivity (Wildman–Crippen MR) is 109 cm³/mol. The Morgan fingerprint density at radius 3 is 2.55 bits per heavy atom. The highest BCUT2D eigenvalue weighted by molar-refractivity contribution is 6.02. The molecule has 3 rings (SSSR count). The zero-order valence-electron chi connectivity index (χ0n) is 16.6. The number of carbonyl (C=O) groups is 2. The Balaban J connectivity index is 1.79. The topological polar surface area (TPSA) is 91.3 Å². The van der Waals surface area contributed by atoms with Crippen LogP contribution in [0.5, 0.6) is 0 Å². The first kappa shape index (κ1) is 20.0. The number of carbonyl (C=O) groups excluding carboxylic acids is 2. The van der Waals surface area contributed by atoms with Crippen LogP contribution in [0.4, 0.5) is 5.69 Å². The van der Waals surface area contributed by atoms with Crippen LogP contribution in [0.2, 0.25) is 0 Å². The van der Waals surface area contributed by atoms with Gasteiger partial charge in [0.05, 0.1) is 6.54 Å². The van der Waals surface area contributed by atoms with Crippen LogP contribution in [0, 0.1) is 18.3 Å². The van der Waals surface area contributed by atoms with Gasteiger partial charge in [0.15, 0.2) is 0 Å². The van der Waals surface area contributed by atoms with Crippen LogP contribution in [0.3, 0.4) is 0 Å². The van der Waals surface area contributed by atoms with Crippen LogP contribution in [-0.4, -0.2) is 34.9 Å². The van der Waals surface area contributed by atoms with Crippen molar-refractivity contribution in [3.8, 4) is 12.0 Å². The van der Waals surface area contributed by atoms with E-state index < -0.39 is 5.91 Å². The summed E-state index contributed by atoms with van der Waals surface area (Å²) in [6.07, 6.45) is 4.25. The van der Waals surface area contributed by atoms with Crippen LogP contribution in [0.1, 0.15) is 34.2 Å². The lowest BCUT2D eigenvalue weighted by atomic mass is 10.1. The number of furan rings is 1. The number of hydrogen-bond acceptors (Lipinski definition) is 4. The maximum absolute atomic E-state index is 13.0. The molecule has 0 fully saturated rings. The first-order valence-electron chi connectivity index (χ1n) is 9.26. The molecule has 2 heterocycles. The molecule has 0 aliphatic carbocycles. The zero-order valence-corrected chi connectivity index (χ0v) is 16.6. The van der Waals surface area contributed by atoms with Crippen molar-refractivity contribution in [2.75, 3.05) is 18.9 Å². The lowest BCUT2D eigenvalue weighted by molar-refractivity contribution is -0.116. The molecule has 1 aromatic carbocycles. The van der Waals surface area contributed by atoms with Crippen molar-refractivity contribution in [1.29, 1.82) is 5.26 Å². The van der Waals surface area contributed by atoms with E-state index in [1.165, 1.54) is 11.9 Å². The molecule has 0 saturated heterocycles. The first-order chi connectivity index (χ1) is 14.0. The Labute approximate surface area is 169 Å². The maximum atomic E-state index is 13.0. The number of amides is 2. The molecule has 29 heavy (non-hydrogen) atoms. The number of rotatable bonds is 6. The molecule has 0 aliphatic rings. The van der Waals surface area contributed by atoms with Gasteiger partial charge in [0.1, 0.15) is 23.0 Å². The van der Waals surface area contributed by atoms with Gasteiger partial charge in [0, 0.05) is 25.1 Å². The van der Waals surface area contributed by atoms with Gasteiger partial charge < -0.3 is 14.6 Å². The van der Waals surface area contributed by atoms with Gasteiger partial charge in [0.25, 0.3) is 5.91 Å². The van der Waals surface area contributed by atoms with Gasteiger partial charge in [-0.2, -0.15) is 5.26 Å². The third kappa shape index (κ3) is 4.06. The molecule has 0 spiro atoms. The van der Waals surface area contributed by atoms with Crippen LogP contribution < -0.4 is 5.32 Å². The van der Waals surface area contributed by atoms with E-state index in [1.807, 2.05) is 31.2 Å². The molecule has 148 valence electrons. The summed E-state index contributed by atoms with van der Waals surface area (Å²) in [4.78, 5) is 26.7. The van der Waals surface area contributed by atoms with Crippen LogP contribution in [-0.2, 0) is 11.2 Å². The fraction of sp³-hybridized carbons (Fsp3) is 0.227. The minimum absolute atomic E-state index is 0.146. The molecule has 3 aromatic rings. The third-order valence-corrected chi connectivity index (χ3v) is 4.63. The highest BCUT2D eigenvalue weighted by atomic mass is 16.4. The van der Waals surface area contributed by atoms with E-state index in [2.05, 4.69) is 11.4 Å². The summed E-state index contributed by atoms with van der Waals surface area (Å²) in [5.41, 5.74) is 2.06. The van der Waals surface area contributed by atoms with E-state index in [4.69, 9.17) is 4.42 Å². The minimum atomic E-state index is -0.444. The van der Waals surface area contributed by atoms with Crippen molar-refractivity contribution in [2.24, 2.45) is 0 Å². The second-order valence-corrected chi connectivity index (χ2v) is 6.64. The minimum Gasteiger partial charge on any atom is -0.443 e. The highest BCUT2D eigenvalue weighted by Gasteiger charge is 2.27. The normalized spacial score (nSPS) is 10.4. The average Bonchev–Trinajstić information content (AvgIpc) is 3.35. The molecule has 0 saturated carbocycles. The number of benzene rings is 1. The molecule has 7 nitrogen and oxygen atoms in total. The maximum Gasteiger partial charge on any atom is 0.259 e. The van der Waals surface area contributed by atoms with Gasteiger partial charge in [0.2, 0.25) is 11.8 Å². The van der Waals surface area contributed by atoms with Crippen LogP contribution in [0.15, 0.2) is 53.2 Å². The van der Waals surface area contributed by atoms with Crippen LogP contribution in [0.25, 0.3) is 5.88 Å². The number of aromatic nitrogens is 1. The van der Waals surface area contributed by atoms with Gasteiger partial charge in [-0.05, 0) is 37.1 Å². The number of anilines is 1. The van der Waals surface area contributed by atoms with E-state index in [0.717, 1.165) is 17.7 Å². The Bertz CT molecular complexity index is 1070. The van der Waals surface area contributed by atoms with Crippen molar-refractivity contribution in [3.05, 3.63) is 71.2 Å². The molecule has 0 radical (unpaired) electrons. The number of nitrogens with zero attached hydrogens (tertiary/aromatic N) is 3. The average molecular weight is 390 g/mol. The Kier molecular flexibility index (Phi) is 5.84. The molecular formula is C22H22N4O3. The Hall–Kier alpha value is -3.79. The van der Waals surface area contributed by atoms with Gasteiger partial charge >= 0.3 is 0 Å². The van der Waals surface area contributed by atoms with E-state index in [-0.39, 0.29) is 29.5 Å². The van der Waals surface area contributed by atoms with E-state index in [9.17, 15) is 14.9 Å². The lowest BCUT2D eigenvalue weighted by Crippen LogP contribution is -2.35. The number of nitriles is 1. The summed E-state index contributed by atoms with van der Waals surface area (Å²) in [5, 5.41) is 12.4. The fourth-order valence-corrected chi connectivity index (χ4v) is 3.16. The van der Waals surface area contributed by atoms with Gasteiger partial charge in [-0.15, -0.1) is 0 Å². The van der Waals surface area contributed by atoms with Crippen LogP contribution >= 0.6 is 0 Å². The molecule has 0 bridgehead atoms. The first-order valence-corrected chi connectivity index (χ1v) is 9.26. The lowest BCUT2D eigenvalue weighted by Gasteiger charge is -2.17. The molecule has 2 amide bonds. The monoisotopic (exact) mass is 390 g/mol. The predicted octanol–water partition coefficient (Wildman–Crippen LogP) is 3.52. The molecule has 0 unspecified atom stereocenters. The summed E-state index contributed by atoms with van der Waals surface area (Å²) in [5.74, 6) is -0.140. The molecular weight excluding hydrogens is 368 g/mol. The third-order valence-electron chi connectivity index (χ3n) is 4.63. The van der Waals surface area contributed by atoms with Gasteiger partial charge in [-0.3, -0.25) is 14.2 Å². The standard InChI is InChI=1S/C22H22N4O3/c1-4-16-9-5-6-10-18(16)24-19(27)14-25(3)21(28)20-15(2)29-22(17(20)13-23)26-11-7-8-12-26/h5-12H,4,14H2,1-3H3,(H,24,27). The van der Waals surface area contributed by atoms with Crippen molar-refractivity contribution in [1.82, 2.24) is 9.47 Å². The molecule has 1 N–H and O–H groups in total. The molecule has 0 atom stereocenters. The highest BCUT2D eigenvalue weighted by Crippen LogP contribution is 2.26. The summed E-state index contributed by atoms with van der Waals surface area (Å²) in [7, 11) is 1.52. The van der Waals surface area contributed by atoms with Crippen molar-refractivity contribution in [3.63, 3.8) is 0 Å². The molecule has 0 aliphatic heterocycles. The van der Waals surface area contributed by atoms with Crippen molar-refractivity contribution >= 4 is 17.5 Å². The van der Waals surface area contributed by atoms with E-state index in [1.54, 1.807) is 36.0 Å². The van der Waals surface area contributed by atoms with E-state index >= 15 is 0 Å². The Morgan fingerprint density at radius 2 is 1.90 bits per heavy atom.